The van der Waals surface area contributed by atoms with Gasteiger partial charge in [0, 0.05) is 5.25 Å². The molecule has 1 heteroatoms. The van der Waals surface area contributed by atoms with E-state index in [1.54, 1.807) is 0 Å². The van der Waals surface area contributed by atoms with Gasteiger partial charge in [0.25, 0.3) is 0 Å². The van der Waals surface area contributed by atoms with Crippen LogP contribution in [0.2, 0.25) is 0 Å². The second kappa shape index (κ2) is 4.36. The van der Waals surface area contributed by atoms with Gasteiger partial charge in [0.1, 0.15) is 0 Å². The maximum atomic E-state index is 4.40. The first-order valence-corrected chi connectivity index (χ1v) is 5.21. The molecule has 0 N–H and O–H groups in total. The van der Waals surface area contributed by atoms with E-state index in [-0.39, 0.29) is 0 Å². The predicted octanol–water partition coefficient (Wildman–Crippen LogP) is 3.93. The Morgan fingerprint density at radius 1 is 1.42 bits per heavy atom. The summed E-state index contributed by atoms with van der Waals surface area (Å²) >= 11 is 4.40. The molecule has 0 nitrogen and oxygen atoms in total. The molecular formula is C11H22S. The van der Waals surface area contributed by atoms with Crippen molar-refractivity contribution in [1.29, 1.82) is 0 Å². The molecular weight excluding hydrogens is 164 g/mol. The van der Waals surface area contributed by atoms with Crippen molar-refractivity contribution in [1.82, 2.24) is 0 Å². The van der Waals surface area contributed by atoms with Crippen LogP contribution >= 0.6 is 12.6 Å². The van der Waals surface area contributed by atoms with Gasteiger partial charge in [-0.05, 0) is 18.3 Å². The van der Waals surface area contributed by atoms with Gasteiger partial charge in [0.2, 0.25) is 0 Å². The van der Waals surface area contributed by atoms with Gasteiger partial charge in [-0.15, -0.1) is 0 Å². The highest BCUT2D eigenvalue weighted by molar-refractivity contribution is 7.81. The van der Waals surface area contributed by atoms with Crippen molar-refractivity contribution in [3.8, 4) is 0 Å². The molecule has 0 fully saturated rings. The maximum absolute atomic E-state index is 4.40. The average molecular weight is 186 g/mol. The van der Waals surface area contributed by atoms with E-state index >= 15 is 0 Å². The molecule has 12 heavy (non-hydrogen) atoms. The number of rotatable bonds is 4. The SMILES string of the molecule is C=C(C(C)S)C(C)C(C)(C)CC. The fourth-order valence-electron chi connectivity index (χ4n) is 1.17. The Morgan fingerprint density at radius 2 is 1.83 bits per heavy atom. The fraction of sp³-hybridized carbons (Fsp3) is 0.818. The Kier molecular flexibility index (Phi) is 4.39. The number of hydrogen-bond acceptors (Lipinski definition) is 1. The van der Waals surface area contributed by atoms with Crippen molar-refractivity contribution < 1.29 is 0 Å². The predicted molar refractivity (Wildman–Crippen MR) is 60.8 cm³/mol. The highest BCUT2D eigenvalue weighted by Crippen LogP contribution is 2.36. The zero-order valence-corrected chi connectivity index (χ0v) is 9.91. The third-order valence-corrected chi connectivity index (χ3v) is 3.51. The highest BCUT2D eigenvalue weighted by Gasteiger charge is 2.26. The summed E-state index contributed by atoms with van der Waals surface area (Å²) in [5.41, 5.74) is 1.61. The lowest BCUT2D eigenvalue weighted by Crippen LogP contribution is -2.24. The molecule has 0 aliphatic carbocycles. The van der Waals surface area contributed by atoms with Gasteiger partial charge in [-0.25, -0.2) is 0 Å². The van der Waals surface area contributed by atoms with Crippen LogP contribution in [0.5, 0.6) is 0 Å². The third kappa shape index (κ3) is 2.85. The average Bonchev–Trinajstić information content (AvgIpc) is 2.01. The summed E-state index contributed by atoms with van der Waals surface area (Å²) in [5, 5.41) is 0.311. The first kappa shape index (κ1) is 12.1. The molecule has 0 heterocycles. The Hall–Kier alpha value is 0.0900. The molecule has 0 rings (SSSR count). The first-order valence-electron chi connectivity index (χ1n) is 4.69. The zero-order chi connectivity index (χ0) is 9.94. The number of thiol groups is 1. The Morgan fingerprint density at radius 3 is 2.08 bits per heavy atom. The molecule has 0 amide bonds. The van der Waals surface area contributed by atoms with E-state index in [0.717, 1.165) is 0 Å². The Bertz CT molecular complexity index is 156. The minimum Gasteiger partial charge on any atom is -0.172 e. The highest BCUT2D eigenvalue weighted by atomic mass is 32.1. The van der Waals surface area contributed by atoms with Crippen molar-refractivity contribution in [2.24, 2.45) is 11.3 Å². The minimum absolute atomic E-state index is 0.311. The lowest BCUT2D eigenvalue weighted by atomic mass is 9.74. The zero-order valence-electron chi connectivity index (χ0n) is 9.02. The van der Waals surface area contributed by atoms with E-state index in [1.807, 2.05) is 0 Å². The molecule has 0 saturated heterocycles. The van der Waals surface area contributed by atoms with Crippen LogP contribution in [-0.2, 0) is 0 Å². The van der Waals surface area contributed by atoms with Crippen LogP contribution in [0.3, 0.4) is 0 Å². The molecule has 0 aliphatic rings. The molecule has 0 bridgehead atoms. The molecule has 0 aromatic carbocycles. The van der Waals surface area contributed by atoms with E-state index in [0.29, 0.717) is 16.6 Å². The van der Waals surface area contributed by atoms with Gasteiger partial charge < -0.3 is 0 Å². The minimum atomic E-state index is 0.311. The molecule has 72 valence electrons. The van der Waals surface area contributed by atoms with Crippen LogP contribution in [0.1, 0.15) is 41.0 Å². The van der Waals surface area contributed by atoms with Crippen molar-refractivity contribution in [3.63, 3.8) is 0 Å². The smallest absolute Gasteiger partial charge is 0.0198 e. The molecule has 2 unspecified atom stereocenters. The molecule has 0 aromatic heterocycles. The van der Waals surface area contributed by atoms with Crippen LogP contribution in [0.15, 0.2) is 12.2 Å². The lowest BCUT2D eigenvalue weighted by molar-refractivity contribution is 0.252. The summed E-state index contributed by atoms with van der Waals surface area (Å²) in [7, 11) is 0. The summed E-state index contributed by atoms with van der Waals surface area (Å²) in [5.74, 6) is 0.551. The van der Waals surface area contributed by atoms with E-state index < -0.39 is 0 Å². The van der Waals surface area contributed by atoms with Gasteiger partial charge in [-0.2, -0.15) is 12.6 Å². The van der Waals surface area contributed by atoms with Crippen LogP contribution in [-0.4, -0.2) is 5.25 Å². The number of hydrogen-bond donors (Lipinski definition) is 1. The quantitative estimate of drug-likeness (QED) is 0.499. The van der Waals surface area contributed by atoms with Crippen LogP contribution in [0.4, 0.5) is 0 Å². The molecule has 0 spiro atoms. The summed E-state index contributed by atoms with van der Waals surface area (Å²) < 4.78 is 0. The maximum Gasteiger partial charge on any atom is 0.0198 e. The van der Waals surface area contributed by atoms with Crippen LogP contribution in [0, 0.1) is 11.3 Å². The van der Waals surface area contributed by atoms with Gasteiger partial charge >= 0.3 is 0 Å². The van der Waals surface area contributed by atoms with Crippen molar-refractivity contribution in [3.05, 3.63) is 12.2 Å². The van der Waals surface area contributed by atoms with Crippen molar-refractivity contribution >= 4 is 12.6 Å². The molecule has 0 saturated carbocycles. The fourth-order valence-corrected chi connectivity index (χ4v) is 1.39. The van der Waals surface area contributed by atoms with Crippen LogP contribution < -0.4 is 0 Å². The Labute approximate surface area is 82.9 Å². The topological polar surface area (TPSA) is 0 Å². The van der Waals surface area contributed by atoms with Crippen molar-refractivity contribution in [2.75, 3.05) is 0 Å². The van der Waals surface area contributed by atoms with E-state index in [9.17, 15) is 0 Å². The summed E-state index contributed by atoms with van der Waals surface area (Å²) in [4.78, 5) is 0. The summed E-state index contributed by atoms with van der Waals surface area (Å²) in [6, 6.07) is 0. The normalized spacial score (nSPS) is 17.2. The molecule has 0 aromatic rings. The van der Waals surface area contributed by atoms with E-state index in [4.69, 9.17) is 0 Å². The van der Waals surface area contributed by atoms with Crippen molar-refractivity contribution in [2.45, 2.75) is 46.3 Å². The molecule has 0 aliphatic heterocycles. The standard InChI is InChI=1S/C11H22S/c1-7-11(5,6)9(3)8(2)10(4)12/h9-10,12H,2,7H2,1,3-6H3. The molecule has 0 radical (unpaired) electrons. The van der Waals surface area contributed by atoms with Gasteiger partial charge in [0.15, 0.2) is 0 Å². The first-order chi connectivity index (χ1) is 5.33. The largest absolute Gasteiger partial charge is 0.172 e. The van der Waals surface area contributed by atoms with Crippen LogP contribution in [0.25, 0.3) is 0 Å². The second-order valence-corrected chi connectivity index (χ2v) is 5.09. The third-order valence-electron chi connectivity index (χ3n) is 3.18. The van der Waals surface area contributed by atoms with Gasteiger partial charge in [-0.1, -0.05) is 46.3 Å². The monoisotopic (exact) mass is 186 g/mol. The van der Waals surface area contributed by atoms with E-state index in [1.165, 1.54) is 12.0 Å². The summed E-state index contributed by atoms with van der Waals surface area (Å²) in [6.07, 6.45) is 1.19. The second-order valence-electron chi connectivity index (χ2n) is 4.31. The van der Waals surface area contributed by atoms with E-state index in [2.05, 4.69) is 53.8 Å². The summed E-state index contributed by atoms with van der Waals surface area (Å²) in [6.45, 7) is 15.2. The lowest BCUT2D eigenvalue weighted by Gasteiger charge is -2.33. The molecule has 2 atom stereocenters. The van der Waals surface area contributed by atoms with Gasteiger partial charge in [0.05, 0.1) is 0 Å². The Balaban J connectivity index is 4.38. The van der Waals surface area contributed by atoms with Gasteiger partial charge in [-0.3, -0.25) is 0 Å².